The molecule has 12 heteroatoms. The van der Waals surface area contributed by atoms with Gasteiger partial charge >= 0.3 is 5.97 Å². The molecule has 1 heterocycles. The molecule has 37 heavy (non-hydrogen) atoms. The molecule has 12 nitrogen and oxygen atoms in total. The van der Waals surface area contributed by atoms with Gasteiger partial charge in [-0.3, -0.25) is 14.4 Å². The van der Waals surface area contributed by atoms with Crippen molar-refractivity contribution in [2.75, 3.05) is 0 Å². The van der Waals surface area contributed by atoms with Crippen LogP contribution in [0, 0.1) is 5.92 Å². The number of hydrogen-bond donors (Lipinski definition) is 7. The summed E-state index contributed by atoms with van der Waals surface area (Å²) >= 11 is 0. The summed E-state index contributed by atoms with van der Waals surface area (Å²) in [4.78, 5) is 57.1. The van der Waals surface area contributed by atoms with Crippen molar-refractivity contribution in [3.05, 3.63) is 54.1 Å². The first-order valence-electron chi connectivity index (χ1n) is 12.1. The van der Waals surface area contributed by atoms with Gasteiger partial charge in [-0.1, -0.05) is 50.6 Å². The van der Waals surface area contributed by atoms with Gasteiger partial charge in [0.1, 0.15) is 18.1 Å². The molecule has 2 aromatic rings. The normalized spacial score (nSPS) is 15.9. The van der Waals surface area contributed by atoms with Gasteiger partial charge in [-0.2, -0.15) is 0 Å². The zero-order valence-electron chi connectivity index (χ0n) is 21.2. The maximum atomic E-state index is 13.2. The molecular formula is C25H36N6O6. The maximum absolute atomic E-state index is 13.2. The molecule has 2 rings (SSSR count). The number of aromatic nitrogens is 2. The van der Waals surface area contributed by atoms with Crippen LogP contribution in [0.25, 0.3) is 0 Å². The number of hydrogen-bond acceptors (Lipinski definition) is 7. The predicted octanol–water partition coefficient (Wildman–Crippen LogP) is -0.512. The van der Waals surface area contributed by atoms with Gasteiger partial charge in [0.2, 0.25) is 17.7 Å². The highest BCUT2D eigenvalue weighted by atomic mass is 16.4. The largest absolute Gasteiger partial charge is 0.480 e. The number of carbonyl (C=O) groups excluding carboxylic acids is 3. The molecule has 0 spiro atoms. The van der Waals surface area contributed by atoms with Crippen LogP contribution in [0.1, 0.15) is 38.4 Å². The lowest BCUT2D eigenvalue weighted by atomic mass is 9.96. The summed E-state index contributed by atoms with van der Waals surface area (Å²) < 4.78 is 0. The molecule has 1 aromatic carbocycles. The fourth-order valence-corrected chi connectivity index (χ4v) is 3.65. The van der Waals surface area contributed by atoms with Crippen LogP contribution in [-0.4, -0.2) is 74.1 Å². The average molecular weight is 517 g/mol. The van der Waals surface area contributed by atoms with Gasteiger partial charge in [-0.15, -0.1) is 0 Å². The Morgan fingerprint density at radius 2 is 1.59 bits per heavy atom. The maximum Gasteiger partial charge on any atom is 0.326 e. The zero-order chi connectivity index (χ0) is 27.5. The number of carboxylic acids is 1. The van der Waals surface area contributed by atoms with Gasteiger partial charge in [0.25, 0.3) is 0 Å². The van der Waals surface area contributed by atoms with Gasteiger partial charge in [0.05, 0.1) is 18.5 Å². The molecular weight excluding hydrogens is 480 g/mol. The van der Waals surface area contributed by atoms with Crippen molar-refractivity contribution in [1.29, 1.82) is 0 Å². The number of aliphatic carboxylic acids is 1. The second-order valence-corrected chi connectivity index (χ2v) is 9.08. The van der Waals surface area contributed by atoms with E-state index in [1.54, 1.807) is 6.92 Å². The van der Waals surface area contributed by atoms with Crippen LogP contribution in [-0.2, 0) is 32.0 Å². The van der Waals surface area contributed by atoms with Crippen molar-refractivity contribution in [2.45, 2.75) is 70.3 Å². The summed E-state index contributed by atoms with van der Waals surface area (Å²) in [5, 5.41) is 27.2. The third-order valence-electron chi connectivity index (χ3n) is 6.08. The highest BCUT2D eigenvalue weighted by Crippen LogP contribution is 2.11. The van der Waals surface area contributed by atoms with Gasteiger partial charge in [0.15, 0.2) is 0 Å². The van der Waals surface area contributed by atoms with E-state index in [1.807, 2.05) is 37.3 Å². The predicted molar refractivity (Wildman–Crippen MR) is 135 cm³/mol. The van der Waals surface area contributed by atoms with Crippen molar-refractivity contribution in [2.24, 2.45) is 11.7 Å². The van der Waals surface area contributed by atoms with Gasteiger partial charge < -0.3 is 36.9 Å². The molecule has 1 aromatic heterocycles. The van der Waals surface area contributed by atoms with E-state index in [1.165, 1.54) is 19.4 Å². The van der Waals surface area contributed by atoms with Crippen LogP contribution in [0.4, 0.5) is 0 Å². The molecule has 8 N–H and O–H groups in total. The lowest BCUT2D eigenvalue weighted by molar-refractivity contribution is -0.143. The molecule has 0 radical (unpaired) electrons. The molecule has 0 aliphatic heterocycles. The first-order chi connectivity index (χ1) is 17.5. The van der Waals surface area contributed by atoms with E-state index in [4.69, 9.17) is 5.73 Å². The Morgan fingerprint density at radius 3 is 2.14 bits per heavy atom. The summed E-state index contributed by atoms with van der Waals surface area (Å²) in [6.07, 6.45) is 2.18. The monoisotopic (exact) mass is 516 g/mol. The van der Waals surface area contributed by atoms with E-state index >= 15 is 0 Å². The van der Waals surface area contributed by atoms with Crippen LogP contribution in [0.2, 0.25) is 0 Å². The number of nitrogens with one attached hydrogen (secondary N) is 4. The number of carboxylic acid groups (broad SMARTS) is 1. The van der Waals surface area contributed by atoms with Crippen molar-refractivity contribution in [3.63, 3.8) is 0 Å². The minimum atomic E-state index is -1.46. The fourth-order valence-electron chi connectivity index (χ4n) is 3.65. The van der Waals surface area contributed by atoms with Crippen LogP contribution in [0.15, 0.2) is 42.9 Å². The molecule has 0 bridgehead atoms. The molecule has 0 saturated carbocycles. The molecule has 0 saturated heterocycles. The summed E-state index contributed by atoms with van der Waals surface area (Å²) in [6.45, 7) is 4.89. The van der Waals surface area contributed by atoms with Crippen LogP contribution < -0.4 is 21.7 Å². The van der Waals surface area contributed by atoms with Crippen molar-refractivity contribution < 1.29 is 29.4 Å². The van der Waals surface area contributed by atoms with E-state index in [0.717, 1.165) is 5.56 Å². The number of H-pyrrole nitrogens is 1. The quantitative estimate of drug-likeness (QED) is 0.174. The lowest BCUT2D eigenvalue weighted by Crippen LogP contribution is -2.61. The second-order valence-electron chi connectivity index (χ2n) is 9.08. The first-order valence-corrected chi connectivity index (χ1v) is 12.1. The van der Waals surface area contributed by atoms with E-state index in [0.29, 0.717) is 12.1 Å². The lowest BCUT2D eigenvalue weighted by Gasteiger charge is -2.29. The number of benzene rings is 1. The highest BCUT2D eigenvalue weighted by molar-refractivity contribution is 5.94. The number of aliphatic hydroxyl groups is 1. The number of nitrogens with zero attached hydrogens (tertiary/aromatic N) is 1. The van der Waals surface area contributed by atoms with Crippen LogP contribution >= 0.6 is 0 Å². The van der Waals surface area contributed by atoms with Crippen LogP contribution in [0.3, 0.4) is 0 Å². The fraction of sp³-hybridized carbons (Fsp3) is 0.480. The summed E-state index contributed by atoms with van der Waals surface area (Å²) in [6, 6.07) is 4.47. The van der Waals surface area contributed by atoms with E-state index in [-0.39, 0.29) is 18.8 Å². The molecule has 0 aliphatic rings. The van der Waals surface area contributed by atoms with Gasteiger partial charge in [0, 0.05) is 18.3 Å². The van der Waals surface area contributed by atoms with E-state index < -0.39 is 54.0 Å². The minimum absolute atomic E-state index is 0.0770. The third-order valence-corrected chi connectivity index (χ3v) is 6.08. The van der Waals surface area contributed by atoms with Crippen molar-refractivity contribution in [3.8, 4) is 0 Å². The smallest absolute Gasteiger partial charge is 0.326 e. The summed E-state index contributed by atoms with van der Waals surface area (Å²) in [5.41, 5.74) is 7.41. The third kappa shape index (κ3) is 8.99. The zero-order valence-corrected chi connectivity index (χ0v) is 21.2. The van der Waals surface area contributed by atoms with E-state index in [9.17, 15) is 29.4 Å². The molecule has 202 valence electrons. The number of rotatable bonds is 14. The molecule has 6 unspecified atom stereocenters. The van der Waals surface area contributed by atoms with Crippen LogP contribution in [0.5, 0.6) is 0 Å². The Kier molecular flexibility index (Phi) is 11.2. The van der Waals surface area contributed by atoms with Gasteiger partial charge in [-0.25, -0.2) is 9.78 Å². The number of aliphatic hydroxyl groups excluding tert-OH is 1. The summed E-state index contributed by atoms with van der Waals surface area (Å²) in [7, 11) is 0. The Labute approximate surface area is 215 Å². The van der Waals surface area contributed by atoms with Crippen molar-refractivity contribution >= 4 is 23.7 Å². The number of nitrogens with two attached hydrogens (primary N) is 1. The molecule has 6 atom stereocenters. The molecule has 0 aliphatic carbocycles. The highest BCUT2D eigenvalue weighted by Gasteiger charge is 2.34. The number of aromatic amines is 1. The van der Waals surface area contributed by atoms with Crippen molar-refractivity contribution in [1.82, 2.24) is 25.9 Å². The molecule has 0 fully saturated rings. The Balaban J connectivity index is 2.09. The average Bonchev–Trinajstić information content (AvgIpc) is 3.38. The molecule has 3 amide bonds. The second kappa shape index (κ2) is 14.1. The Hall–Kier alpha value is -3.77. The first kappa shape index (κ1) is 29.5. The SMILES string of the molecule is CCC(C)C(NC(=O)C(N)Cc1ccccc1)C(=O)NC(C(=O)NC(Cc1cnc[nH]1)C(=O)O)C(C)O. The number of carbonyl (C=O) groups is 4. The van der Waals surface area contributed by atoms with E-state index in [2.05, 4.69) is 25.9 Å². The minimum Gasteiger partial charge on any atom is -0.480 e. The van der Waals surface area contributed by atoms with Gasteiger partial charge in [-0.05, 0) is 24.8 Å². The summed E-state index contributed by atoms with van der Waals surface area (Å²) in [5.74, 6) is -3.73. The standard InChI is InChI=1S/C25H36N6O6/c1-4-14(2)20(30-22(33)18(26)10-16-8-6-5-7-9-16)23(34)31-21(15(3)32)24(35)29-19(25(36)37)11-17-12-27-13-28-17/h5-9,12-15,18-21,32H,4,10-11,26H2,1-3H3,(H,27,28)(H,29,35)(H,30,33)(H,31,34)(H,36,37). The number of imidazole rings is 1. The Morgan fingerprint density at radius 1 is 0.973 bits per heavy atom. The number of amides is 3. The Bertz CT molecular complexity index is 1030. The topological polar surface area (TPSA) is 200 Å².